The second kappa shape index (κ2) is 3.06. The van der Waals surface area contributed by atoms with Crippen LogP contribution in [0.3, 0.4) is 0 Å². The first-order valence-corrected chi connectivity index (χ1v) is 4.21. The number of Topliss-reactive ketones (excluding diaryl/α,β-unsaturated/α-hetero) is 1. The van der Waals surface area contributed by atoms with E-state index in [2.05, 4.69) is 9.97 Å². The standard InChI is InChI=1S/C10H9N3O/c1-6(14)9-10(11)13-8-5-3-2-4-7(8)12-9/h2-5H,1H3,(H2,11,13). The van der Waals surface area contributed by atoms with Crippen molar-refractivity contribution in [2.24, 2.45) is 0 Å². The zero-order valence-corrected chi connectivity index (χ0v) is 7.69. The fraction of sp³-hybridized carbons (Fsp3) is 0.100. The molecule has 2 aromatic rings. The topological polar surface area (TPSA) is 68.9 Å². The molecule has 2 N–H and O–H groups in total. The van der Waals surface area contributed by atoms with Gasteiger partial charge in [0.1, 0.15) is 5.69 Å². The Bertz CT molecular complexity index is 508. The van der Waals surface area contributed by atoms with Gasteiger partial charge in [-0.15, -0.1) is 0 Å². The molecule has 14 heavy (non-hydrogen) atoms. The van der Waals surface area contributed by atoms with E-state index in [1.54, 1.807) is 6.07 Å². The molecular weight excluding hydrogens is 178 g/mol. The van der Waals surface area contributed by atoms with Gasteiger partial charge in [0.05, 0.1) is 11.0 Å². The number of fused-ring (bicyclic) bond motifs is 1. The lowest BCUT2D eigenvalue weighted by Crippen LogP contribution is -2.05. The van der Waals surface area contributed by atoms with Crippen LogP contribution in [0, 0.1) is 0 Å². The molecule has 0 spiro atoms. The highest BCUT2D eigenvalue weighted by Crippen LogP contribution is 2.14. The predicted octanol–water partition coefficient (Wildman–Crippen LogP) is 1.41. The fourth-order valence-electron chi connectivity index (χ4n) is 1.27. The Balaban J connectivity index is 2.77. The van der Waals surface area contributed by atoms with Gasteiger partial charge in [0.2, 0.25) is 0 Å². The molecule has 0 saturated carbocycles. The predicted molar refractivity (Wildman–Crippen MR) is 54.0 cm³/mol. The van der Waals surface area contributed by atoms with Crippen LogP contribution in [-0.2, 0) is 0 Å². The Labute approximate surface area is 80.8 Å². The smallest absolute Gasteiger partial charge is 0.181 e. The van der Waals surface area contributed by atoms with E-state index in [9.17, 15) is 4.79 Å². The maximum Gasteiger partial charge on any atom is 0.181 e. The average molecular weight is 187 g/mol. The van der Waals surface area contributed by atoms with Crippen LogP contribution in [0.2, 0.25) is 0 Å². The van der Waals surface area contributed by atoms with Crippen molar-refractivity contribution < 1.29 is 4.79 Å². The van der Waals surface area contributed by atoms with Crippen molar-refractivity contribution in [2.45, 2.75) is 6.92 Å². The summed E-state index contributed by atoms with van der Waals surface area (Å²) in [4.78, 5) is 19.4. The number of hydrogen-bond acceptors (Lipinski definition) is 4. The monoisotopic (exact) mass is 187 g/mol. The maximum atomic E-state index is 11.1. The molecule has 0 bridgehead atoms. The molecule has 1 heterocycles. The molecule has 1 aromatic heterocycles. The summed E-state index contributed by atoms with van der Waals surface area (Å²) in [5.74, 6) is 0.0250. The van der Waals surface area contributed by atoms with Gasteiger partial charge in [-0.05, 0) is 12.1 Å². The van der Waals surface area contributed by atoms with Crippen LogP contribution < -0.4 is 5.73 Å². The minimum absolute atomic E-state index is 0.166. The summed E-state index contributed by atoms with van der Waals surface area (Å²) in [6, 6.07) is 7.30. The van der Waals surface area contributed by atoms with Gasteiger partial charge in [-0.25, -0.2) is 9.97 Å². The molecule has 0 aliphatic rings. The fourth-order valence-corrected chi connectivity index (χ4v) is 1.27. The second-order valence-electron chi connectivity index (χ2n) is 3.00. The number of carbonyl (C=O) groups is 1. The molecule has 2 rings (SSSR count). The van der Waals surface area contributed by atoms with Crippen molar-refractivity contribution >= 4 is 22.6 Å². The van der Waals surface area contributed by atoms with Crippen LogP contribution in [0.25, 0.3) is 11.0 Å². The summed E-state index contributed by atoms with van der Waals surface area (Å²) in [6.45, 7) is 1.43. The van der Waals surface area contributed by atoms with Gasteiger partial charge in [-0.2, -0.15) is 0 Å². The first-order valence-electron chi connectivity index (χ1n) is 4.21. The molecule has 0 aliphatic heterocycles. The molecule has 0 aliphatic carbocycles. The van der Waals surface area contributed by atoms with E-state index >= 15 is 0 Å². The van der Waals surface area contributed by atoms with Gasteiger partial charge in [0.25, 0.3) is 0 Å². The molecule has 0 radical (unpaired) electrons. The normalized spacial score (nSPS) is 10.4. The third-order valence-electron chi connectivity index (χ3n) is 1.93. The number of anilines is 1. The zero-order chi connectivity index (χ0) is 10.1. The maximum absolute atomic E-state index is 11.1. The summed E-state index contributed by atoms with van der Waals surface area (Å²) in [7, 11) is 0. The molecule has 4 nitrogen and oxygen atoms in total. The van der Waals surface area contributed by atoms with E-state index in [1.165, 1.54) is 6.92 Å². The number of aromatic nitrogens is 2. The first kappa shape index (κ1) is 8.62. The molecule has 0 saturated heterocycles. The van der Waals surface area contributed by atoms with Crippen molar-refractivity contribution in [3.8, 4) is 0 Å². The Morgan fingerprint density at radius 2 is 1.79 bits per heavy atom. The minimum Gasteiger partial charge on any atom is -0.382 e. The van der Waals surface area contributed by atoms with E-state index in [-0.39, 0.29) is 17.3 Å². The molecule has 70 valence electrons. The van der Waals surface area contributed by atoms with E-state index < -0.39 is 0 Å². The summed E-state index contributed by atoms with van der Waals surface area (Å²) in [5.41, 5.74) is 7.22. The van der Waals surface area contributed by atoms with Gasteiger partial charge in [-0.3, -0.25) is 4.79 Å². The lowest BCUT2D eigenvalue weighted by atomic mass is 10.2. The third kappa shape index (κ3) is 1.31. The molecule has 0 fully saturated rings. The Kier molecular flexibility index (Phi) is 1.89. The number of nitrogen functional groups attached to an aromatic ring is 1. The molecule has 1 aromatic carbocycles. The van der Waals surface area contributed by atoms with Crippen LogP contribution >= 0.6 is 0 Å². The van der Waals surface area contributed by atoms with E-state index in [1.807, 2.05) is 18.2 Å². The van der Waals surface area contributed by atoms with Crippen LogP contribution in [-0.4, -0.2) is 15.8 Å². The van der Waals surface area contributed by atoms with Crippen LogP contribution in [0.15, 0.2) is 24.3 Å². The van der Waals surface area contributed by atoms with Gasteiger partial charge in [0, 0.05) is 6.92 Å². The molecule has 0 unspecified atom stereocenters. The van der Waals surface area contributed by atoms with Crippen LogP contribution in [0.1, 0.15) is 17.4 Å². The van der Waals surface area contributed by atoms with Crippen molar-refractivity contribution in [1.82, 2.24) is 9.97 Å². The SMILES string of the molecule is CC(=O)c1nc2ccccc2nc1N. The summed E-state index contributed by atoms with van der Waals surface area (Å²) in [6.07, 6.45) is 0. The Hall–Kier alpha value is -1.97. The minimum atomic E-state index is -0.166. The molecule has 0 atom stereocenters. The number of nitrogens with two attached hydrogens (primary N) is 1. The molecule has 0 amide bonds. The van der Waals surface area contributed by atoms with Crippen molar-refractivity contribution in [1.29, 1.82) is 0 Å². The van der Waals surface area contributed by atoms with Gasteiger partial charge in [0.15, 0.2) is 11.6 Å². The molecular formula is C10H9N3O. The number of hydrogen-bond donors (Lipinski definition) is 1. The molecule has 4 heteroatoms. The van der Waals surface area contributed by atoms with E-state index in [0.717, 1.165) is 0 Å². The number of benzene rings is 1. The highest BCUT2D eigenvalue weighted by atomic mass is 16.1. The number of para-hydroxylation sites is 2. The van der Waals surface area contributed by atoms with E-state index in [0.29, 0.717) is 11.0 Å². The van der Waals surface area contributed by atoms with Gasteiger partial charge < -0.3 is 5.73 Å². The largest absolute Gasteiger partial charge is 0.382 e. The van der Waals surface area contributed by atoms with Crippen molar-refractivity contribution in [3.05, 3.63) is 30.0 Å². The number of ketones is 1. The Morgan fingerprint density at radius 1 is 1.21 bits per heavy atom. The average Bonchev–Trinajstić information content (AvgIpc) is 2.16. The van der Waals surface area contributed by atoms with Gasteiger partial charge in [-0.1, -0.05) is 12.1 Å². The highest BCUT2D eigenvalue weighted by Gasteiger charge is 2.08. The Morgan fingerprint density at radius 3 is 2.36 bits per heavy atom. The number of rotatable bonds is 1. The first-order chi connectivity index (χ1) is 6.68. The summed E-state index contributed by atoms with van der Waals surface area (Å²) >= 11 is 0. The van der Waals surface area contributed by atoms with Crippen LogP contribution in [0.5, 0.6) is 0 Å². The van der Waals surface area contributed by atoms with E-state index in [4.69, 9.17) is 5.73 Å². The summed E-state index contributed by atoms with van der Waals surface area (Å²) < 4.78 is 0. The lowest BCUT2D eigenvalue weighted by molar-refractivity contribution is 0.101. The van der Waals surface area contributed by atoms with Crippen molar-refractivity contribution in [3.63, 3.8) is 0 Å². The highest BCUT2D eigenvalue weighted by molar-refractivity contribution is 5.98. The van der Waals surface area contributed by atoms with Crippen molar-refractivity contribution in [2.75, 3.05) is 5.73 Å². The van der Waals surface area contributed by atoms with Crippen LogP contribution in [0.4, 0.5) is 5.82 Å². The van der Waals surface area contributed by atoms with Gasteiger partial charge >= 0.3 is 0 Å². The lowest BCUT2D eigenvalue weighted by Gasteiger charge is -2.02. The third-order valence-corrected chi connectivity index (χ3v) is 1.93. The quantitative estimate of drug-likeness (QED) is 0.685. The zero-order valence-electron chi connectivity index (χ0n) is 7.69. The second-order valence-corrected chi connectivity index (χ2v) is 3.00. The summed E-state index contributed by atoms with van der Waals surface area (Å²) in [5, 5.41) is 0. The number of nitrogens with zero attached hydrogens (tertiary/aromatic N) is 2. The number of carbonyl (C=O) groups excluding carboxylic acids is 1.